The van der Waals surface area contributed by atoms with Crippen molar-refractivity contribution in [2.45, 2.75) is 304 Å². The molecule has 18 atom stereocenters. The van der Waals surface area contributed by atoms with E-state index in [1.165, 1.54) is 89.9 Å². The molecule has 458 valence electrons. The Labute approximate surface area is 461 Å². The van der Waals surface area contributed by atoms with Crippen LogP contribution in [0.5, 0.6) is 0 Å². The number of hydrogen-bond acceptors (Lipinski definition) is 20. The zero-order chi connectivity index (χ0) is 57.6. The molecule has 0 aliphatic carbocycles. The van der Waals surface area contributed by atoms with Crippen molar-refractivity contribution < 1.29 is 104 Å². The van der Waals surface area contributed by atoms with Crippen molar-refractivity contribution in [3.8, 4) is 0 Å². The number of amides is 2. The molecule has 18 unspecified atom stereocenters. The van der Waals surface area contributed by atoms with Crippen LogP contribution in [0.4, 0.5) is 0 Å². The molecular weight excluding hydrogens is 1020 g/mol. The third-order valence-corrected chi connectivity index (χ3v) is 15.3. The lowest BCUT2D eigenvalue weighted by molar-refractivity contribution is -0.386. The SMILES string of the molecule is CCCCCCCCCCCCCCCCCC(=O)NC(COC1OC(CO)C(OC2OC(CO)C(O)C(OC3(C(=O)O)CC(O)C(NC(C)=O)C(C(O)C(O)CO)O3)C2O)C(O)C1O)C(O)CCCCCCCCCCC. The topological polar surface area (TPSA) is 373 Å². The second kappa shape index (κ2) is 38.5. The number of unbranched alkanes of at least 4 members (excludes halogenated alkanes) is 22. The Bertz CT molecular complexity index is 1620. The first kappa shape index (κ1) is 70.0. The van der Waals surface area contributed by atoms with Gasteiger partial charge in [0.1, 0.15) is 67.1 Å². The van der Waals surface area contributed by atoms with Crippen LogP contribution in [0.2, 0.25) is 0 Å². The third kappa shape index (κ3) is 23.2. The first-order valence-electron chi connectivity index (χ1n) is 29.4. The Balaban J connectivity index is 1.66. The highest BCUT2D eigenvalue weighted by atomic mass is 16.8. The summed E-state index contributed by atoms with van der Waals surface area (Å²) in [6.07, 6.45) is -1.27. The zero-order valence-electron chi connectivity index (χ0n) is 46.8. The first-order valence-corrected chi connectivity index (χ1v) is 29.4. The number of ether oxygens (including phenoxy) is 6. The summed E-state index contributed by atoms with van der Waals surface area (Å²) in [5, 5.41) is 135. The van der Waals surface area contributed by atoms with Crippen LogP contribution in [-0.4, -0.2) is 215 Å². The molecular formula is C55H102N2O21. The first-order chi connectivity index (χ1) is 37.4. The van der Waals surface area contributed by atoms with Crippen LogP contribution in [0.25, 0.3) is 0 Å². The molecule has 2 amide bonds. The van der Waals surface area contributed by atoms with Gasteiger partial charge in [0.15, 0.2) is 12.6 Å². The molecule has 23 nitrogen and oxygen atoms in total. The lowest BCUT2D eigenvalue weighted by atomic mass is 9.88. The van der Waals surface area contributed by atoms with Gasteiger partial charge in [0.2, 0.25) is 11.8 Å². The second-order valence-electron chi connectivity index (χ2n) is 21.9. The molecule has 0 radical (unpaired) electrons. The maximum Gasteiger partial charge on any atom is 0.364 e. The van der Waals surface area contributed by atoms with Crippen molar-refractivity contribution in [3.05, 3.63) is 0 Å². The normalized spacial score (nSPS) is 31.1. The summed E-state index contributed by atoms with van der Waals surface area (Å²) >= 11 is 0. The minimum absolute atomic E-state index is 0.227. The van der Waals surface area contributed by atoms with E-state index >= 15 is 0 Å². The molecule has 0 saturated carbocycles. The van der Waals surface area contributed by atoms with E-state index in [1.54, 1.807) is 0 Å². The molecule has 3 rings (SSSR count). The molecule has 3 aliphatic heterocycles. The lowest BCUT2D eigenvalue weighted by Crippen LogP contribution is -2.70. The number of aliphatic hydroxyl groups excluding tert-OH is 11. The Morgan fingerprint density at radius 3 is 1.60 bits per heavy atom. The van der Waals surface area contributed by atoms with E-state index in [9.17, 15) is 75.7 Å². The minimum Gasteiger partial charge on any atom is -0.477 e. The van der Waals surface area contributed by atoms with E-state index in [0.717, 1.165) is 58.3 Å². The highest BCUT2D eigenvalue weighted by Crippen LogP contribution is 2.38. The molecule has 0 bridgehead atoms. The Morgan fingerprint density at radius 2 is 1.12 bits per heavy atom. The number of rotatable bonds is 42. The van der Waals surface area contributed by atoms with Gasteiger partial charge in [-0.25, -0.2) is 4.79 Å². The summed E-state index contributed by atoms with van der Waals surface area (Å²) in [6.45, 7) is 2.13. The highest BCUT2D eigenvalue weighted by molar-refractivity contribution is 5.77. The fourth-order valence-corrected chi connectivity index (χ4v) is 10.5. The predicted molar refractivity (Wildman–Crippen MR) is 283 cm³/mol. The molecule has 78 heavy (non-hydrogen) atoms. The van der Waals surface area contributed by atoms with Gasteiger partial charge in [-0.05, 0) is 12.8 Å². The monoisotopic (exact) mass is 1130 g/mol. The van der Waals surface area contributed by atoms with E-state index < -0.39 is 148 Å². The number of carbonyl (C=O) groups is 3. The Hall–Kier alpha value is -2.27. The number of aliphatic hydroxyl groups is 11. The summed E-state index contributed by atoms with van der Waals surface area (Å²) < 4.78 is 34.6. The molecule has 3 fully saturated rings. The average Bonchev–Trinajstić information content (AvgIpc) is 3.53. The largest absolute Gasteiger partial charge is 0.477 e. The fourth-order valence-electron chi connectivity index (χ4n) is 10.5. The van der Waals surface area contributed by atoms with Crippen LogP contribution >= 0.6 is 0 Å². The predicted octanol–water partition coefficient (Wildman–Crippen LogP) is 1.83. The molecule has 0 aromatic rings. The lowest BCUT2D eigenvalue weighted by Gasteiger charge is -2.50. The van der Waals surface area contributed by atoms with Crippen LogP contribution < -0.4 is 10.6 Å². The van der Waals surface area contributed by atoms with Crippen molar-refractivity contribution in [2.75, 3.05) is 26.4 Å². The van der Waals surface area contributed by atoms with Crippen molar-refractivity contribution in [1.29, 1.82) is 0 Å². The van der Waals surface area contributed by atoms with Gasteiger partial charge in [-0.1, -0.05) is 162 Å². The van der Waals surface area contributed by atoms with Gasteiger partial charge in [0.25, 0.3) is 5.79 Å². The molecule has 3 aliphatic rings. The molecule has 3 saturated heterocycles. The number of carboxylic acid groups (broad SMARTS) is 1. The standard InChI is InChI=1S/C55H102N2O21/c1-4-6-8-10-12-14-15-16-17-18-19-21-23-25-27-29-42(65)57-36(37(62)28-26-24-22-20-13-11-9-7-5-2)34-73-52-47(69)46(68)49(41(33-60)75-52)76-53-48(70)51(45(67)40(32-59)74-53)78-55(54(71)72)30-38(63)43(56-35(3)61)50(77-55)44(66)39(64)31-58/h36-41,43-53,58-60,62-64,66-70H,4-34H2,1-3H3,(H,56,61)(H,57,65)(H,71,72). The Kier molecular flexibility index (Phi) is 34.5. The number of hydrogen-bond donors (Lipinski definition) is 14. The second-order valence-corrected chi connectivity index (χ2v) is 21.9. The number of nitrogens with one attached hydrogen (secondary N) is 2. The molecule has 0 aromatic heterocycles. The third-order valence-electron chi connectivity index (χ3n) is 15.3. The van der Waals surface area contributed by atoms with Gasteiger partial charge >= 0.3 is 5.97 Å². The highest BCUT2D eigenvalue weighted by Gasteiger charge is 2.60. The number of carbonyl (C=O) groups excluding carboxylic acids is 2. The van der Waals surface area contributed by atoms with Gasteiger partial charge < -0.3 is 100 Å². The van der Waals surface area contributed by atoms with E-state index in [2.05, 4.69) is 24.5 Å². The van der Waals surface area contributed by atoms with Crippen LogP contribution in [0, 0.1) is 0 Å². The molecule has 23 heteroatoms. The van der Waals surface area contributed by atoms with Crippen LogP contribution in [0.15, 0.2) is 0 Å². The smallest absolute Gasteiger partial charge is 0.364 e. The summed E-state index contributed by atoms with van der Waals surface area (Å²) in [7, 11) is 0. The molecule has 0 spiro atoms. The summed E-state index contributed by atoms with van der Waals surface area (Å²) in [5.74, 6) is -6.10. The fraction of sp³-hybridized carbons (Fsp3) is 0.945. The van der Waals surface area contributed by atoms with Gasteiger partial charge in [0.05, 0.1) is 50.7 Å². The van der Waals surface area contributed by atoms with E-state index in [4.69, 9.17) is 28.4 Å². The van der Waals surface area contributed by atoms with Crippen molar-refractivity contribution in [3.63, 3.8) is 0 Å². The van der Waals surface area contributed by atoms with Gasteiger partial charge in [0, 0.05) is 19.8 Å². The van der Waals surface area contributed by atoms with Crippen molar-refractivity contribution in [1.82, 2.24) is 10.6 Å². The van der Waals surface area contributed by atoms with E-state index in [-0.39, 0.29) is 18.9 Å². The number of aliphatic carboxylic acids is 1. The molecule has 14 N–H and O–H groups in total. The Morgan fingerprint density at radius 1 is 0.615 bits per heavy atom. The summed E-state index contributed by atoms with van der Waals surface area (Å²) in [4.78, 5) is 38.3. The van der Waals surface area contributed by atoms with Crippen LogP contribution in [0.3, 0.4) is 0 Å². The maximum atomic E-state index is 13.3. The average molecular weight is 1130 g/mol. The van der Waals surface area contributed by atoms with E-state index in [1.807, 2.05) is 0 Å². The van der Waals surface area contributed by atoms with Crippen molar-refractivity contribution in [2.24, 2.45) is 0 Å². The van der Waals surface area contributed by atoms with Gasteiger partial charge in [-0.15, -0.1) is 0 Å². The minimum atomic E-state index is -3.07. The van der Waals surface area contributed by atoms with Gasteiger partial charge in [-0.2, -0.15) is 0 Å². The van der Waals surface area contributed by atoms with Crippen LogP contribution in [-0.2, 0) is 42.8 Å². The summed E-state index contributed by atoms with van der Waals surface area (Å²) in [6, 6.07) is -2.52. The van der Waals surface area contributed by atoms with Crippen LogP contribution in [0.1, 0.15) is 194 Å². The van der Waals surface area contributed by atoms with Crippen molar-refractivity contribution >= 4 is 17.8 Å². The van der Waals surface area contributed by atoms with E-state index in [0.29, 0.717) is 19.3 Å². The number of carboxylic acids is 1. The maximum absolute atomic E-state index is 13.3. The molecule has 0 aromatic carbocycles. The molecule has 3 heterocycles. The quantitative estimate of drug-likeness (QED) is 0.0388. The zero-order valence-corrected chi connectivity index (χ0v) is 46.8. The van der Waals surface area contributed by atoms with Gasteiger partial charge in [-0.3, -0.25) is 9.59 Å². The summed E-state index contributed by atoms with van der Waals surface area (Å²) in [5.41, 5.74) is 0.